The average Bonchev–Trinajstić information content (AvgIpc) is 2.88. The van der Waals surface area contributed by atoms with E-state index in [1.165, 1.54) is 0 Å². The number of carboxylic acid groups (broad SMARTS) is 1. The van der Waals surface area contributed by atoms with Gasteiger partial charge in [-0.1, -0.05) is 6.07 Å². The molecule has 1 amide bonds. The van der Waals surface area contributed by atoms with Crippen LogP contribution in [-0.2, 0) is 0 Å². The molecular formula is C14H13NO4S. The molecule has 0 spiro atoms. The SMILES string of the molecule is CCOc1cccc(C(=O)Nc2ccsc2C(=O)O)c1. The van der Waals surface area contributed by atoms with Crippen molar-refractivity contribution in [3.8, 4) is 5.75 Å². The van der Waals surface area contributed by atoms with Gasteiger partial charge in [-0.05, 0) is 36.6 Å². The van der Waals surface area contributed by atoms with E-state index in [1.807, 2.05) is 6.92 Å². The summed E-state index contributed by atoms with van der Waals surface area (Å²) < 4.78 is 5.32. The molecule has 0 bridgehead atoms. The van der Waals surface area contributed by atoms with E-state index in [1.54, 1.807) is 35.7 Å². The number of amides is 1. The van der Waals surface area contributed by atoms with Crippen LogP contribution in [0.2, 0.25) is 0 Å². The smallest absolute Gasteiger partial charge is 0.348 e. The van der Waals surface area contributed by atoms with Gasteiger partial charge < -0.3 is 15.2 Å². The Labute approximate surface area is 119 Å². The molecule has 0 aliphatic carbocycles. The molecule has 0 aliphatic heterocycles. The summed E-state index contributed by atoms with van der Waals surface area (Å²) in [6.07, 6.45) is 0. The van der Waals surface area contributed by atoms with Crippen LogP contribution in [-0.4, -0.2) is 23.6 Å². The number of anilines is 1. The zero-order chi connectivity index (χ0) is 14.5. The molecule has 2 N–H and O–H groups in total. The third-order valence-corrected chi connectivity index (χ3v) is 3.42. The molecule has 0 aliphatic rings. The first-order valence-electron chi connectivity index (χ1n) is 5.96. The molecule has 0 atom stereocenters. The maximum atomic E-state index is 12.1. The second-order valence-corrected chi connectivity index (χ2v) is 4.80. The number of hydrogen-bond acceptors (Lipinski definition) is 4. The van der Waals surface area contributed by atoms with Crippen molar-refractivity contribution in [2.75, 3.05) is 11.9 Å². The summed E-state index contributed by atoms with van der Waals surface area (Å²) in [6, 6.07) is 8.30. The predicted octanol–water partition coefficient (Wildman–Crippen LogP) is 3.10. The zero-order valence-electron chi connectivity index (χ0n) is 10.8. The van der Waals surface area contributed by atoms with E-state index >= 15 is 0 Å². The molecule has 1 aromatic heterocycles. The molecule has 2 rings (SSSR count). The molecule has 1 heterocycles. The van der Waals surface area contributed by atoms with E-state index in [2.05, 4.69) is 5.32 Å². The van der Waals surface area contributed by atoms with Crippen LogP contribution < -0.4 is 10.1 Å². The van der Waals surface area contributed by atoms with Crippen molar-refractivity contribution >= 4 is 28.9 Å². The second-order valence-electron chi connectivity index (χ2n) is 3.88. The Morgan fingerprint density at radius 1 is 1.35 bits per heavy atom. The van der Waals surface area contributed by atoms with Gasteiger partial charge in [0.2, 0.25) is 0 Å². The Bertz CT molecular complexity index is 636. The lowest BCUT2D eigenvalue weighted by atomic mass is 10.2. The van der Waals surface area contributed by atoms with Crippen molar-refractivity contribution < 1.29 is 19.4 Å². The molecule has 104 valence electrons. The number of thiophene rings is 1. The van der Waals surface area contributed by atoms with Gasteiger partial charge >= 0.3 is 5.97 Å². The van der Waals surface area contributed by atoms with Crippen LogP contribution in [0.25, 0.3) is 0 Å². The molecule has 0 radical (unpaired) electrons. The van der Waals surface area contributed by atoms with Crippen molar-refractivity contribution in [2.45, 2.75) is 6.92 Å². The van der Waals surface area contributed by atoms with E-state index in [9.17, 15) is 9.59 Å². The highest BCUT2D eigenvalue weighted by Gasteiger charge is 2.15. The molecule has 0 saturated heterocycles. The second kappa shape index (κ2) is 6.21. The van der Waals surface area contributed by atoms with E-state index in [4.69, 9.17) is 9.84 Å². The van der Waals surface area contributed by atoms with E-state index < -0.39 is 5.97 Å². The van der Waals surface area contributed by atoms with Crippen molar-refractivity contribution in [2.24, 2.45) is 0 Å². The average molecular weight is 291 g/mol. The number of nitrogens with one attached hydrogen (secondary N) is 1. The Hall–Kier alpha value is -2.34. The topological polar surface area (TPSA) is 75.6 Å². The molecule has 5 nitrogen and oxygen atoms in total. The third kappa shape index (κ3) is 3.16. The Morgan fingerprint density at radius 3 is 2.85 bits per heavy atom. The highest BCUT2D eigenvalue weighted by atomic mass is 32.1. The van der Waals surface area contributed by atoms with Gasteiger partial charge in [-0.15, -0.1) is 11.3 Å². The number of benzene rings is 1. The van der Waals surface area contributed by atoms with Crippen LogP contribution in [0.3, 0.4) is 0 Å². The van der Waals surface area contributed by atoms with Crippen molar-refractivity contribution in [3.05, 3.63) is 46.2 Å². The minimum absolute atomic E-state index is 0.110. The molecule has 1 aromatic carbocycles. The first-order chi connectivity index (χ1) is 9.61. The van der Waals surface area contributed by atoms with Gasteiger partial charge in [0.05, 0.1) is 12.3 Å². The summed E-state index contributed by atoms with van der Waals surface area (Å²) in [6.45, 7) is 2.37. The molecule has 0 unspecified atom stereocenters. The minimum atomic E-state index is -1.06. The van der Waals surface area contributed by atoms with Gasteiger partial charge in [0, 0.05) is 5.56 Å². The number of carbonyl (C=O) groups excluding carboxylic acids is 1. The van der Waals surface area contributed by atoms with Crippen LogP contribution in [0.1, 0.15) is 27.0 Å². The van der Waals surface area contributed by atoms with Gasteiger partial charge in [0.25, 0.3) is 5.91 Å². The summed E-state index contributed by atoms with van der Waals surface area (Å²) in [5, 5.41) is 13.2. The lowest BCUT2D eigenvalue weighted by molar-refractivity contribution is 0.0703. The van der Waals surface area contributed by atoms with E-state index in [0.29, 0.717) is 23.6 Å². The van der Waals surface area contributed by atoms with Gasteiger partial charge in [0.15, 0.2) is 0 Å². The fourth-order valence-corrected chi connectivity index (χ4v) is 2.35. The van der Waals surface area contributed by atoms with Crippen LogP contribution in [0.15, 0.2) is 35.7 Å². The predicted molar refractivity (Wildman–Crippen MR) is 76.8 cm³/mol. The van der Waals surface area contributed by atoms with Crippen LogP contribution in [0, 0.1) is 0 Å². The third-order valence-electron chi connectivity index (χ3n) is 2.51. The number of ether oxygens (including phenoxy) is 1. The minimum Gasteiger partial charge on any atom is -0.494 e. The van der Waals surface area contributed by atoms with Crippen LogP contribution >= 0.6 is 11.3 Å². The fraction of sp³-hybridized carbons (Fsp3) is 0.143. The van der Waals surface area contributed by atoms with Gasteiger partial charge in [-0.2, -0.15) is 0 Å². The van der Waals surface area contributed by atoms with Crippen LogP contribution in [0.4, 0.5) is 5.69 Å². The van der Waals surface area contributed by atoms with E-state index in [-0.39, 0.29) is 10.8 Å². The highest BCUT2D eigenvalue weighted by Crippen LogP contribution is 2.23. The van der Waals surface area contributed by atoms with Crippen molar-refractivity contribution in [3.63, 3.8) is 0 Å². The zero-order valence-corrected chi connectivity index (χ0v) is 11.6. The highest BCUT2D eigenvalue weighted by molar-refractivity contribution is 7.12. The fourth-order valence-electron chi connectivity index (χ4n) is 1.66. The normalized spacial score (nSPS) is 10.1. The monoisotopic (exact) mass is 291 g/mol. The molecule has 6 heteroatoms. The maximum absolute atomic E-state index is 12.1. The number of rotatable bonds is 5. The number of carbonyl (C=O) groups is 2. The molecular weight excluding hydrogens is 278 g/mol. The van der Waals surface area contributed by atoms with Crippen molar-refractivity contribution in [1.29, 1.82) is 0 Å². The lowest BCUT2D eigenvalue weighted by Gasteiger charge is -2.07. The number of aromatic carboxylic acids is 1. The molecule has 0 saturated carbocycles. The maximum Gasteiger partial charge on any atom is 0.348 e. The Balaban J connectivity index is 2.17. The number of carboxylic acids is 1. The lowest BCUT2D eigenvalue weighted by Crippen LogP contribution is -2.13. The first kappa shape index (κ1) is 14.1. The summed E-state index contributed by atoms with van der Waals surface area (Å²) in [4.78, 5) is 23.2. The quantitative estimate of drug-likeness (QED) is 0.887. The standard InChI is InChI=1S/C14H13NO4S/c1-2-19-10-5-3-4-9(8-10)13(16)15-11-6-7-20-12(11)14(17)18/h3-8H,2H2,1H3,(H,15,16)(H,17,18). The first-order valence-corrected chi connectivity index (χ1v) is 6.84. The van der Waals surface area contributed by atoms with Gasteiger partial charge in [0.1, 0.15) is 10.6 Å². The summed E-state index contributed by atoms with van der Waals surface area (Å²) in [5.41, 5.74) is 0.716. The van der Waals surface area contributed by atoms with Gasteiger partial charge in [-0.25, -0.2) is 4.79 Å². The van der Waals surface area contributed by atoms with Crippen LogP contribution in [0.5, 0.6) is 5.75 Å². The van der Waals surface area contributed by atoms with Gasteiger partial charge in [-0.3, -0.25) is 4.79 Å². The summed E-state index contributed by atoms with van der Waals surface area (Å²) in [5.74, 6) is -0.824. The molecule has 2 aromatic rings. The Kier molecular flexibility index (Phi) is 4.37. The molecule has 20 heavy (non-hydrogen) atoms. The van der Waals surface area contributed by atoms with E-state index in [0.717, 1.165) is 11.3 Å². The molecule has 0 fully saturated rings. The van der Waals surface area contributed by atoms with Crippen molar-refractivity contribution in [1.82, 2.24) is 0 Å². The summed E-state index contributed by atoms with van der Waals surface area (Å²) >= 11 is 1.07. The number of hydrogen-bond donors (Lipinski definition) is 2. The Morgan fingerprint density at radius 2 is 2.15 bits per heavy atom. The largest absolute Gasteiger partial charge is 0.494 e. The summed E-state index contributed by atoms with van der Waals surface area (Å²) in [7, 11) is 0.